The van der Waals surface area contributed by atoms with Crippen LogP contribution in [0.2, 0.25) is 19.6 Å². The first kappa shape index (κ1) is 25.9. The van der Waals surface area contributed by atoms with Gasteiger partial charge in [0.05, 0.1) is 20.2 Å². The van der Waals surface area contributed by atoms with Crippen molar-refractivity contribution in [3.05, 3.63) is 88.4 Å². The molecule has 5 aromatic rings. The van der Waals surface area contributed by atoms with Gasteiger partial charge in [-0.2, -0.15) is 4.57 Å². The molecule has 192 valence electrons. The predicted molar refractivity (Wildman–Crippen MR) is 163 cm³/mol. The summed E-state index contributed by atoms with van der Waals surface area (Å²) >= 11 is 0. The molecule has 0 fully saturated rings. The van der Waals surface area contributed by atoms with Crippen LogP contribution in [-0.2, 0) is 7.05 Å². The fraction of sp³-hybridized carbons (Fsp3) is 0.294. The maximum atomic E-state index is 7.87. The highest BCUT2D eigenvalue weighted by molar-refractivity contribution is 6.89. The van der Waals surface area contributed by atoms with Crippen molar-refractivity contribution in [2.45, 2.75) is 60.2 Å². The van der Waals surface area contributed by atoms with Crippen molar-refractivity contribution >= 4 is 40.9 Å². The van der Waals surface area contributed by atoms with Gasteiger partial charge in [-0.05, 0) is 36.5 Å². The minimum absolute atomic E-state index is 0.430. The summed E-state index contributed by atoms with van der Waals surface area (Å²) < 4.78 is 9.18. The second-order valence-corrected chi connectivity index (χ2v) is 17.0. The standard InChI is InChI=1S/C34H37N2OSi/c1-20(2)27-19-29(36(7)23(5)34(27)38(8,9)10)30-22(4)13-16-25-26-17-18-28(35-6)31(33(26)37-32(25)30)24-14-11-21(3)12-15-24/h11-20H,1-5,7-10H3/q+1. The Morgan fingerprint density at radius 1 is 0.842 bits per heavy atom. The lowest BCUT2D eigenvalue weighted by Gasteiger charge is -2.24. The molecule has 0 amide bonds. The van der Waals surface area contributed by atoms with Gasteiger partial charge in [-0.25, -0.2) is 4.85 Å². The highest BCUT2D eigenvalue weighted by atomic mass is 28.3. The Balaban J connectivity index is 1.90. The number of hydrogen-bond donors (Lipinski definition) is 0. The Labute approximate surface area is 227 Å². The van der Waals surface area contributed by atoms with Crippen molar-refractivity contribution in [3.8, 4) is 22.4 Å². The second kappa shape index (κ2) is 9.25. The zero-order valence-electron chi connectivity index (χ0n) is 24.1. The van der Waals surface area contributed by atoms with Gasteiger partial charge in [-0.3, -0.25) is 0 Å². The largest absolute Gasteiger partial charge is 0.456 e. The van der Waals surface area contributed by atoms with E-state index in [4.69, 9.17) is 11.0 Å². The molecule has 3 aromatic carbocycles. The molecule has 2 heterocycles. The van der Waals surface area contributed by atoms with Gasteiger partial charge >= 0.3 is 0 Å². The van der Waals surface area contributed by atoms with Crippen LogP contribution >= 0.6 is 0 Å². The lowest BCUT2D eigenvalue weighted by Crippen LogP contribution is -2.51. The lowest BCUT2D eigenvalue weighted by molar-refractivity contribution is -0.665. The predicted octanol–water partition coefficient (Wildman–Crippen LogP) is 8.89. The van der Waals surface area contributed by atoms with E-state index in [9.17, 15) is 0 Å². The van der Waals surface area contributed by atoms with Gasteiger partial charge in [-0.1, -0.05) is 87.6 Å². The number of aryl methyl sites for hydroxylation is 2. The minimum Gasteiger partial charge on any atom is -0.456 e. The van der Waals surface area contributed by atoms with Gasteiger partial charge in [0.1, 0.15) is 18.2 Å². The van der Waals surface area contributed by atoms with Gasteiger partial charge in [0.2, 0.25) is 5.69 Å². The SMILES string of the molecule is [C-]#[N+]c1ccc2c(oc3c(-c4cc(C(C)C)c([Si](C)(C)C)c(C)[n+]4C)c(C)ccc32)c1-c1ccc(C)cc1. The molecule has 38 heavy (non-hydrogen) atoms. The molecule has 0 N–H and O–H groups in total. The van der Waals surface area contributed by atoms with Crippen LogP contribution in [0.3, 0.4) is 0 Å². The van der Waals surface area contributed by atoms with Crippen molar-refractivity contribution < 1.29 is 8.98 Å². The molecule has 2 aromatic heterocycles. The fourth-order valence-electron chi connectivity index (χ4n) is 5.95. The van der Waals surface area contributed by atoms with Gasteiger partial charge < -0.3 is 4.42 Å². The van der Waals surface area contributed by atoms with E-state index in [1.54, 1.807) is 5.19 Å². The van der Waals surface area contributed by atoms with E-state index in [1.165, 1.54) is 28.1 Å². The zero-order chi connectivity index (χ0) is 27.5. The summed E-state index contributed by atoms with van der Waals surface area (Å²) in [6.45, 7) is 26.3. The summed E-state index contributed by atoms with van der Waals surface area (Å²) in [6.07, 6.45) is 0. The maximum absolute atomic E-state index is 7.87. The third-order valence-corrected chi connectivity index (χ3v) is 10.0. The molecule has 0 saturated carbocycles. The molecule has 3 nitrogen and oxygen atoms in total. The van der Waals surface area contributed by atoms with Crippen LogP contribution in [0.1, 0.15) is 42.1 Å². The average Bonchev–Trinajstić information content (AvgIpc) is 3.23. The lowest BCUT2D eigenvalue weighted by atomic mass is 9.95. The smallest absolute Gasteiger partial charge is 0.216 e. The normalized spacial score (nSPS) is 12.0. The highest BCUT2D eigenvalue weighted by Gasteiger charge is 2.32. The van der Waals surface area contributed by atoms with E-state index in [0.29, 0.717) is 11.6 Å². The molecule has 4 heteroatoms. The van der Waals surface area contributed by atoms with E-state index in [0.717, 1.165) is 38.6 Å². The number of fused-ring (bicyclic) bond motifs is 3. The van der Waals surface area contributed by atoms with E-state index >= 15 is 0 Å². The number of rotatable bonds is 4. The fourth-order valence-corrected chi connectivity index (χ4v) is 8.43. The molecule has 0 aliphatic heterocycles. The summed E-state index contributed by atoms with van der Waals surface area (Å²) in [5, 5.41) is 3.69. The summed E-state index contributed by atoms with van der Waals surface area (Å²) in [5.41, 5.74) is 11.6. The topological polar surface area (TPSA) is 21.4 Å². The average molecular weight is 518 g/mol. The molecule has 0 unspecified atom stereocenters. The van der Waals surface area contributed by atoms with Gasteiger partial charge in [-0.15, -0.1) is 0 Å². The highest BCUT2D eigenvalue weighted by Crippen LogP contribution is 2.44. The summed E-state index contributed by atoms with van der Waals surface area (Å²) in [4.78, 5) is 3.87. The van der Waals surface area contributed by atoms with Crippen LogP contribution in [0, 0.1) is 27.3 Å². The van der Waals surface area contributed by atoms with Crippen molar-refractivity contribution in [1.82, 2.24) is 0 Å². The molecule has 0 aliphatic carbocycles. The molecule has 0 atom stereocenters. The molecular formula is C34H37N2OSi+. The number of hydrogen-bond acceptors (Lipinski definition) is 1. The third kappa shape index (κ3) is 4.06. The number of furan rings is 1. The van der Waals surface area contributed by atoms with Gasteiger partial charge in [0.25, 0.3) is 0 Å². The van der Waals surface area contributed by atoms with E-state index < -0.39 is 8.07 Å². The Morgan fingerprint density at radius 2 is 1.45 bits per heavy atom. The second-order valence-electron chi connectivity index (χ2n) is 12.0. The van der Waals surface area contributed by atoms with Crippen LogP contribution < -0.4 is 9.75 Å². The van der Waals surface area contributed by atoms with Crippen molar-refractivity contribution in [1.29, 1.82) is 0 Å². The molecule has 0 bridgehead atoms. The number of pyridine rings is 1. The zero-order valence-corrected chi connectivity index (χ0v) is 25.1. The van der Waals surface area contributed by atoms with E-state index in [2.05, 4.69) is 113 Å². The molecule has 0 radical (unpaired) electrons. The molecular weight excluding hydrogens is 480 g/mol. The quantitative estimate of drug-likeness (QED) is 0.132. The van der Waals surface area contributed by atoms with Crippen LogP contribution in [0.25, 0.3) is 49.2 Å². The van der Waals surface area contributed by atoms with Crippen molar-refractivity contribution in [2.75, 3.05) is 0 Å². The first-order valence-corrected chi connectivity index (χ1v) is 16.9. The molecule has 0 aliphatic rings. The molecule has 0 saturated heterocycles. The van der Waals surface area contributed by atoms with Crippen LogP contribution in [0.15, 0.2) is 59.0 Å². The van der Waals surface area contributed by atoms with Gasteiger partial charge in [0.15, 0.2) is 11.4 Å². The van der Waals surface area contributed by atoms with E-state index in [1.807, 2.05) is 12.1 Å². The first-order valence-electron chi connectivity index (χ1n) is 13.4. The monoisotopic (exact) mass is 517 g/mol. The van der Waals surface area contributed by atoms with Gasteiger partial charge in [0, 0.05) is 34.5 Å². The maximum Gasteiger partial charge on any atom is 0.216 e. The first-order chi connectivity index (χ1) is 17.9. The van der Waals surface area contributed by atoms with Crippen LogP contribution in [-0.4, -0.2) is 8.07 Å². The minimum atomic E-state index is -1.57. The Morgan fingerprint density at radius 3 is 2.03 bits per heavy atom. The number of nitrogens with zero attached hydrogens (tertiary/aromatic N) is 2. The number of aromatic nitrogens is 1. The Hall–Kier alpha value is -3.68. The summed E-state index contributed by atoms with van der Waals surface area (Å²) in [5.74, 6) is 0.430. The van der Waals surface area contributed by atoms with Crippen molar-refractivity contribution in [3.63, 3.8) is 0 Å². The van der Waals surface area contributed by atoms with Crippen LogP contribution in [0.4, 0.5) is 5.69 Å². The number of benzene rings is 3. The molecule has 5 rings (SSSR count). The van der Waals surface area contributed by atoms with E-state index in [-0.39, 0.29) is 0 Å². The van der Waals surface area contributed by atoms with Crippen molar-refractivity contribution in [2.24, 2.45) is 7.05 Å². The third-order valence-electron chi connectivity index (χ3n) is 7.89. The van der Waals surface area contributed by atoms with Crippen LogP contribution in [0.5, 0.6) is 0 Å². The summed E-state index contributed by atoms with van der Waals surface area (Å²) in [6, 6.07) is 19.1. The summed E-state index contributed by atoms with van der Waals surface area (Å²) in [7, 11) is 0.622. The Kier molecular flexibility index (Phi) is 6.32. The Bertz CT molecular complexity index is 1760. The molecule has 0 spiro atoms.